The van der Waals surface area contributed by atoms with Crippen molar-refractivity contribution in [2.24, 2.45) is 0 Å². The van der Waals surface area contributed by atoms with Crippen molar-refractivity contribution in [2.45, 2.75) is 25.8 Å². The van der Waals surface area contributed by atoms with E-state index in [1.54, 1.807) is 6.92 Å². The van der Waals surface area contributed by atoms with Crippen molar-refractivity contribution in [2.75, 3.05) is 0 Å². The van der Waals surface area contributed by atoms with E-state index in [0.29, 0.717) is 0 Å². The van der Waals surface area contributed by atoms with Crippen LogP contribution in [0.5, 0.6) is 0 Å². The SMILES string of the molecule is CC(=O)NC1(C)Cc2ccccc21. The topological polar surface area (TPSA) is 29.1 Å². The second kappa shape index (κ2) is 2.59. The van der Waals surface area contributed by atoms with Gasteiger partial charge in [-0.1, -0.05) is 24.3 Å². The van der Waals surface area contributed by atoms with Crippen LogP contribution in [0.4, 0.5) is 0 Å². The molecule has 1 aliphatic carbocycles. The van der Waals surface area contributed by atoms with Crippen LogP contribution in [0, 0.1) is 0 Å². The minimum atomic E-state index is -0.123. The zero-order valence-corrected chi connectivity index (χ0v) is 7.92. The Morgan fingerprint density at radius 2 is 2.15 bits per heavy atom. The predicted molar refractivity (Wildman–Crippen MR) is 51.3 cm³/mol. The molecule has 0 aliphatic heterocycles. The fourth-order valence-corrected chi connectivity index (χ4v) is 2.08. The van der Waals surface area contributed by atoms with E-state index in [2.05, 4.69) is 24.4 Å². The van der Waals surface area contributed by atoms with Crippen molar-refractivity contribution in [3.05, 3.63) is 35.4 Å². The maximum atomic E-state index is 11.0. The van der Waals surface area contributed by atoms with Gasteiger partial charge < -0.3 is 5.32 Å². The average Bonchev–Trinajstić information content (AvgIpc) is 2.02. The van der Waals surface area contributed by atoms with E-state index < -0.39 is 0 Å². The molecule has 1 unspecified atom stereocenters. The van der Waals surface area contributed by atoms with E-state index in [-0.39, 0.29) is 11.4 Å². The lowest BCUT2D eigenvalue weighted by Crippen LogP contribution is -2.50. The van der Waals surface area contributed by atoms with Crippen molar-refractivity contribution in [3.8, 4) is 0 Å². The Balaban J connectivity index is 2.28. The molecular weight excluding hydrogens is 162 g/mol. The number of fused-ring (bicyclic) bond motifs is 1. The first kappa shape index (κ1) is 8.30. The first-order valence-corrected chi connectivity index (χ1v) is 4.49. The highest BCUT2D eigenvalue weighted by Crippen LogP contribution is 2.38. The summed E-state index contributed by atoms with van der Waals surface area (Å²) in [5, 5.41) is 2.97. The van der Waals surface area contributed by atoms with Crippen LogP contribution in [0.25, 0.3) is 0 Å². The van der Waals surface area contributed by atoms with Gasteiger partial charge in [-0.25, -0.2) is 0 Å². The molecule has 0 aromatic heterocycles. The zero-order valence-electron chi connectivity index (χ0n) is 7.92. The standard InChI is InChI=1S/C11H13NO/c1-8(13)12-11(2)7-9-5-3-4-6-10(9)11/h3-6H,7H2,1-2H3,(H,12,13). The van der Waals surface area contributed by atoms with Gasteiger partial charge >= 0.3 is 0 Å². The maximum absolute atomic E-state index is 11.0. The first-order chi connectivity index (χ1) is 6.12. The van der Waals surface area contributed by atoms with Crippen molar-refractivity contribution in [3.63, 3.8) is 0 Å². The van der Waals surface area contributed by atoms with Gasteiger partial charge in [0.15, 0.2) is 0 Å². The largest absolute Gasteiger partial charge is 0.347 e. The van der Waals surface area contributed by atoms with Crippen molar-refractivity contribution in [1.82, 2.24) is 5.32 Å². The normalized spacial score (nSPS) is 24.5. The summed E-state index contributed by atoms with van der Waals surface area (Å²) in [6.07, 6.45) is 0.947. The second-order valence-electron chi connectivity index (χ2n) is 3.85. The number of hydrogen-bond acceptors (Lipinski definition) is 1. The van der Waals surface area contributed by atoms with E-state index in [0.717, 1.165) is 6.42 Å². The van der Waals surface area contributed by atoms with Crippen LogP contribution in [0.15, 0.2) is 24.3 Å². The molecule has 1 aliphatic rings. The van der Waals surface area contributed by atoms with Gasteiger partial charge in [0.05, 0.1) is 5.54 Å². The van der Waals surface area contributed by atoms with Gasteiger partial charge in [0.1, 0.15) is 0 Å². The van der Waals surface area contributed by atoms with E-state index in [1.807, 2.05) is 12.1 Å². The average molecular weight is 175 g/mol. The number of benzene rings is 1. The highest BCUT2D eigenvalue weighted by molar-refractivity contribution is 5.75. The van der Waals surface area contributed by atoms with Crippen LogP contribution >= 0.6 is 0 Å². The quantitative estimate of drug-likeness (QED) is 0.690. The van der Waals surface area contributed by atoms with Crippen LogP contribution in [-0.2, 0) is 16.8 Å². The summed E-state index contributed by atoms with van der Waals surface area (Å²) < 4.78 is 0. The molecule has 2 heteroatoms. The summed E-state index contributed by atoms with van der Waals surface area (Å²) in [5.41, 5.74) is 2.48. The maximum Gasteiger partial charge on any atom is 0.217 e. The van der Waals surface area contributed by atoms with Crippen LogP contribution in [0.3, 0.4) is 0 Å². The van der Waals surface area contributed by atoms with Gasteiger partial charge in [0.2, 0.25) is 5.91 Å². The smallest absolute Gasteiger partial charge is 0.217 e. The highest BCUT2D eigenvalue weighted by atomic mass is 16.1. The molecule has 0 saturated heterocycles. The predicted octanol–water partition coefficient (Wildman–Crippen LogP) is 1.59. The molecule has 1 aromatic rings. The Bertz CT molecular complexity index is 359. The zero-order chi connectivity index (χ0) is 9.47. The minimum Gasteiger partial charge on any atom is -0.347 e. The number of carbonyl (C=O) groups excluding carboxylic acids is 1. The molecule has 0 spiro atoms. The molecule has 1 amide bonds. The minimum absolute atomic E-state index is 0.0389. The van der Waals surface area contributed by atoms with Gasteiger partial charge in [-0.2, -0.15) is 0 Å². The summed E-state index contributed by atoms with van der Waals surface area (Å²) >= 11 is 0. The van der Waals surface area contributed by atoms with Crippen LogP contribution in [0.1, 0.15) is 25.0 Å². The molecule has 1 atom stereocenters. The molecule has 13 heavy (non-hydrogen) atoms. The lowest BCUT2D eigenvalue weighted by Gasteiger charge is -2.41. The lowest BCUT2D eigenvalue weighted by molar-refractivity contribution is -0.121. The number of amides is 1. The molecule has 1 aromatic carbocycles. The third kappa shape index (κ3) is 1.22. The van der Waals surface area contributed by atoms with Gasteiger partial charge in [0, 0.05) is 6.92 Å². The van der Waals surface area contributed by atoms with Gasteiger partial charge in [0.25, 0.3) is 0 Å². The van der Waals surface area contributed by atoms with Crippen molar-refractivity contribution < 1.29 is 4.79 Å². The summed E-state index contributed by atoms with van der Waals surface area (Å²) in [4.78, 5) is 11.0. The number of nitrogens with one attached hydrogen (secondary N) is 1. The van der Waals surface area contributed by atoms with E-state index in [4.69, 9.17) is 0 Å². The van der Waals surface area contributed by atoms with Gasteiger partial charge in [-0.3, -0.25) is 4.79 Å². The van der Waals surface area contributed by atoms with Crippen molar-refractivity contribution in [1.29, 1.82) is 0 Å². The number of rotatable bonds is 1. The molecule has 2 rings (SSSR count). The fourth-order valence-electron chi connectivity index (χ4n) is 2.08. The van der Waals surface area contributed by atoms with E-state index >= 15 is 0 Å². The van der Waals surface area contributed by atoms with Gasteiger partial charge in [-0.05, 0) is 24.5 Å². The Labute approximate surface area is 78.0 Å². The molecule has 0 fully saturated rings. The van der Waals surface area contributed by atoms with Gasteiger partial charge in [-0.15, -0.1) is 0 Å². The van der Waals surface area contributed by atoms with Crippen LogP contribution in [-0.4, -0.2) is 5.91 Å². The molecule has 0 radical (unpaired) electrons. The third-order valence-corrected chi connectivity index (χ3v) is 2.61. The summed E-state index contributed by atoms with van der Waals surface area (Å²) in [6, 6.07) is 8.23. The van der Waals surface area contributed by atoms with E-state index in [1.165, 1.54) is 11.1 Å². The molecule has 1 N–H and O–H groups in total. The lowest BCUT2D eigenvalue weighted by atomic mass is 9.72. The van der Waals surface area contributed by atoms with E-state index in [9.17, 15) is 4.79 Å². The summed E-state index contributed by atoms with van der Waals surface area (Å²) in [7, 11) is 0. The first-order valence-electron chi connectivity index (χ1n) is 4.49. The molecule has 0 bridgehead atoms. The van der Waals surface area contributed by atoms with Crippen LogP contribution in [0.2, 0.25) is 0 Å². The Hall–Kier alpha value is -1.31. The molecular formula is C11H13NO. The fraction of sp³-hybridized carbons (Fsp3) is 0.364. The molecule has 2 nitrogen and oxygen atoms in total. The Kier molecular flexibility index (Phi) is 1.65. The molecule has 68 valence electrons. The Morgan fingerprint density at radius 1 is 1.46 bits per heavy atom. The Morgan fingerprint density at radius 3 is 2.77 bits per heavy atom. The summed E-state index contributed by atoms with van der Waals surface area (Å²) in [5.74, 6) is 0.0389. The second-order valence-corrected chi connectivity index (χ2v) is 3.85. The summed E-state index contributed by atoms with van der Waals surface area (Å²) in [6.45, 7) is 3.63. The third-order valence-electron chi connectivity index (χ3n) is 2.61. The van der Waals surface area contributed by atoms with Crippen molar-refractivity contribution >= 4 is 5.91 Å². The monoisotopic (exact) mass is 175 g/mol. The van der Waals surface area contributed by atoms with Crippen LogP contribution < -0.4 is 5.32 Å². The molecule has 0 heterocycles. The number of hydrogen-bond donors (Lipinski definition) is 1. The molecule has 0 saturated carbocycles. The number of carbonyl (C=O) groups is 1. The highest BCUT2D eigenvalue weighted by Gasteiger charge is 2.38.